The summed E-state index contributed by atoms with van der Waals surface area (Å²) in [5.41, 5.74) is 11.0. The Kier molecular flexibility index (Phi) is 8.08. The summed E-state index contributed by atoms with van der Waals surface area (Å²) in [6.45, 7) is 9.97. The molecule has 0 amide bonds. The fraction of sp³-hybridized carbons (Fsp3) is 1.00. The molecule has 0 fully saturated rings. The van der Waals surface area contributed by atoms with E-state index < -0.39 is 0 Å². The van der Waals surface area contributed by atoms with E-state index in [-0.39, 0.29) is 0 Å². The molecular formula is C10H26N4. The third-order valence-electron chi connectivity index (χ3n) is 2.43. The highest BCUT2D eigenvalue weighted by atomic mass is 15.2. The molecule has 0 aliphatic heterocycles. The van der Waals surface area contributed by atoms with Crippen molar-refractivity contribution in [3.8, 4) is 0 Å². The zero-order chi connectivity index (χ0) is 11.0. The quantitative estimate of drug-likeness (QED) is 0.559. The number of nitrogens with zero attached hydrogens (tertiary/aromatic N) is 2. The lowest BCUT2D eigenvalue weighted by atomic mass is 10.3. The molecule has 0 aromatic rings. The molecule has 0 radical (unpaired) electrons. The van der Waals surface area contributed by atoms with Crippen LogP contribution < -0.4 is 11.5 Å². The molecule has 0 saturated heterocycles. The number of nitrogens with two attached hydrogens (primary N) is 2. The first kappa shape index (κ1) is 13.8. The predicted octanol–water partition coefficient (Wildman–Crippen LogP) is -0.454. The Morgan fingerprint density at radius 2 is 1.50 bits per heavy atom. The topological polar surface area (TPSA) is 58.5 Å². The smallest absolute Gasteiger partial charge is 0.0112 e. The minimum absolute atomic E-state index is 0.574. The van der Waals surface area contributed by atoms with Crippen LogP contribution in [0.2, 0.25) is 0 Å². The van der Waals surface area contributed by atoms with Gasteiger partial charge in [-0.15, -0.1) is 0 Å². The SMILES string of the molecule is CC(C)N(CCN)CCN(C)CCN. The van der Waals surface area contributed by atoms with E-state index in [1.807, 2.05) is 0 Å². The molecular weight excluding hydrogens is 176 g/mol. The van der Waals surface area contributed by atoms with E-state index in [1.165, 1.54) is 0 Å². The van der Waals surface area contributed by atoms with Gasteiger partial charge in [-0.1, -0.05) is 0 Å². The van der Waals surface area contributed by atoms with E-state index >= 15 is 0 Å². The third kappa shape index (κ3) is 6.32. The second-order valence-electron chi connectivity index (χ2n) is 4.01. The molecule has 0 aromatic carbocycles. The van der Waals surface area contributed by atoms with Gasteiger partial charge in [-0.05, 0) is 20.9 Å². The highest BCUT2D eigenvalue weighted by molar-refractivity contribution is 4.65. The summed E-state index contributed by atoms with van der Waals surface area (Å²) in [5, 5.41) is 0. The van der Waals surface area contributed by atoms with Crippen molar-refractivity contribution in [3.63, 3.8) is 0 Å². The van der Waals surface area contributed by atoms with E-state index in [4.69, 9.17) is 11.5 Å². The first-order valence-corrected chi connectivity index (χ1v) is 5.44. The van der Waals surface area contributed by atoms with Crippen molar-refractivity contribution in [3.05, 3.63) is 0 Å². The van der Waals surface area contributed by atoms with Gasteiger partial charge in [0.25, 0.3) is 0 Å². The highest BCUT2D eigenvalue weighted by Gasteiger charge is 2.08. The van der Waals surface area contributed by atoms with E-state index in [1.54, 1.807) is 0 Å². The number of likely N-dealkylation sites (N-methyl/N-ethyl adjacent to an activating group) is 1. The Bertz CT molecular complexity index is 127. The maximum absolute atomic E-state index is 5.56. The zero-order valence-electron chi connectivity index (χ0n) is 9.87. The van der Waals surface area contributed by atoms with Crippen LogP contribution in [0.3, 0.4) is 0 Å². The molecule has 0 spiro atoms. The Morgan fingerprint density at radius 3 is 1.93 bits per heavy atom. The van der Waals surface area contributed by atoms with Crippen LogP contribution >= 0.6 is 0 Å². The van der Waals surface area contributed by atoms with Crippen LogP contribution in [-0.2, 0) is 0 Å². The van der Waals surface area contributed by atoms with Gasteiger partial charge in [0.2, 0.25) is 0 Å². The summed E-state index contributed by atoms with van der Waals surface area (Å²) < 4.78 is 0. The minimum atomic E-state index is 0.574. The van der Waals surface area contributed by atoms with Crippen LogP contribution in [0.15, 0.2) is 0 Å². The van der Waals surface area contributed by atoms with Crippen LogP contribution in [0.25, 0.3) is 0 Å². The molecule has 0 aliphatic rings. The second-order valence-corrected chi connectivity index (χ2v) is 4.01. The van der Waals surface area contributed by atoms with Gasteiger partial charge in [-0.2, -0.15) is 0 Å². The molecule has 4 N–H and O–H groups in total. The predicted molar refractivity (Wildman–Crippen MR) is 62.3 cm³/mol. The van der Waals surface area contributed by atoms with E-state index in [0.29, 0.717) is 6.04 Å². The molecule has 0 rings (SSSR count). The molecule has 4 heteroatoms. The van der Waals surface area contributed by atoms with Crippen LogP contribution in [0.1, 0.15) is 13.8 Å². The summed E-state index contributed by atoms with van der Waals surface area (Å²) in [6.07, 6.45) is 0. The number of hydrogen-bond donors (Lipinski definition) is 2. The normalized spacial score (nSPS) is 12.0. The van der Waals surface area contributed by atoms with Gasteiger partial charge in [0.15, 0.2) is 0 Å². The van der Waals surface area contributed by atoms with Crippen molar-refractivity contribution in [1.82, 2.24) is 9.80 Å². The molecule has 0 aliphatic carbocycles. The van der Waals surface area contributed by atoms with E-state index in [0.717, 1.165) is 39.3 Å². The molecule has 0 bridgehead atoms. The lowest BCUT2D eigenvalue weighted by Gasteiger charge is -2.28. The number of hydrogen-bond acceptors (Lipinski definition) is 4. The second kappa shape index (κ2) is 8.17. The third-order valence-corrected chi connectivity index (χ3v) is 2.43. The molecule has 4 nitrogen and oxygen atoms in total. The lowest BCUT2D eigenvalue weighted by molar-refractivity contribution is 0.195. The average molecular weight is 202 g/mol. The average Bonchev–Trinajstić information content (AvgIpc) is 2.12. The molecule has 14 heavy (non-hydrogen) atoms. The Labute approximate surface area is 88.2 Å². The van der Waals surface area contributed by atoms with E-state index in [9.17, 15) is 0 Å². The lowest BCUT2D eigenvalue weighted by Crippen LogP contribution is -2.41. The highest BCUT2D eigenvalue weighted by Crippen LogP contribution is 1.96. The van der Waals surface area contributed by atoms with Crippen molar-refractivity contribution < 1.29 is 0 Å². The standard InChI is InChI=1S/C10H26N4/c1-10(2)14(7-5-12)9-8-13(3)6-4-11/h10H,4-9,11-12H2,1-3H3. The van der Waals surface area contributed by atoms with Crippen LogP contribution in [-0.4, -0.2) is 62.2 Å². The van der Waals surface area contributed by atoms with Gasteiger partial charge in [0, 0.05) is 45.3 Å². The molecule has 0 aromatic heterocycles. The van der Waals surface area contributed by atoms with Gasteiger partial charge in [0.05, 0.1) is 0 Å². The molecule has 0 heterocycles. The van der Waals surface area contributed by atoms with Gasteiger partial charge in [0.1, 0.15) is 0 Å². The van der Waals surface area contributed by atoms with Gasteiger partial charge >= 0.3 is 0 Å². The molecule has 0 atom stereocenters. The molecule has 0 unspecified atom stereocenters. The van der Waals surface area contributed by atoms with Crippen LogP contribution in [0, 0.1) is 0 Å². The Balaban J connectivity index is 3.69. The van der Waals surface area contributed by atoms with Gasteiger partial charge in [-0.25, -0.2) is 0 Å². The summed E-state index contributed by atoms with van der Waals surface area (Å²) in [4.78, 5) is 4.65. The summed E-state index contributed by atoms with van der Waals surface area (Å²) in [6, 6.07) is 0.574. The van der Waals surface area contributed by atoms with E-state index in [2.05, 4.69) is 30.7 Å². The van der Waals surface area contributed by atoms with Crippen molar-refractivity contribution in [1.29, 1.82) is 0 Å². The van der Waals surface area contributed by atoms with Crippen LogP contribution in [0.4, 0.5) is 0 Å². The monoisotopic (exact) mass is 202 g/mol. The molecule has 0 saturated carbocycles. The van der Waals surface area contributed by atoms with Gasteiger partial charge < -0.3 is 16.4 Å². The largest absolute Gasteiger partial charge is 0.329 e. The Morgan fingerprint density at radius 1 is 0.929 bits per heavy atom. The maximum atomic E-state index is 5.56. The van der Waals surface area contributed by atoms with Crippen molar-refractivity contribution in [2.45, 2.75) is 19.9 Å². The summed E-state index contributed by atoms with van der Waals surface area (Å²) in [5.74, 6) is 0. The summed E-state index contributed by atoms with van der Waals surface area (Å²) >= 11 is 0. The zero-order valence-corrected chi connectivity index (χ0v) is 9.87. The van der Waals surface area contributed by atoms with Crippen molar-refractivity contribution >= 4 is 0 Å². The van der Waals surface area contributed by atoms with Crippen LogP contribution in [0.5, 0.6) is 0 Å². The fourth-order valence-electron chi connectivity index (χ4n) is 1.43. The maximum Gasteiger partial charge on any atom is 0.0112 e. The van der Waals surface area contributed by atoms with Crippen molar-refractivity contribution in [2.24, 2.45) is 11.5 Å². The minimum Gasteiger partial charge on any atom is -0.329 e. The number of rotatable bonds is 8. The first-order chi connectivity index (χ1) is 6.61. The summed E-state index contributed by atoms with van der Waals surface area (Å²) in [7, 11) is 2.10. The van der Waals surface area contributed by atoms with Gasteiger partial charge in [-0.3, -0.25) is 4.90 Å². The Hall–Kier alpha value is -0.160. The van der Waals surface area contributed by atoms with Crippen molar-refractivity contribution in [2.75, 3.05) is 46.3 Å². The molecule has 86 valence electrons. The first-order valence-electron chi connectivity index (χ1n) is 5.44. The fourth-order valence-corrected chi connectivity index (χ4v) is 1.43.